The van der Waals surface area contributed by atoms with E-state index in [2.05, 4.69) is 15.5 Å². The number of anilines is 1. The quantitative estimate of drug-likeness (QED) is 0.198. The second kappa shape index (κ2) is 8.72. The molecule has 2 aliphatic carbocycles. The summed E-state index contributed by atoms with van der Waals surface area (Å²) in [5.41, 5.74) is 7.33. The highest BCUT2D eigenvalue weighted by atomic mass is 32.1. The third kappa shape index (κ3) is 4.26. The summed E-state index contributed by atoms with van der Waals surface area (Å²) in [7, 11) is 1.36. The van der Waals surface area contributed by atoms with Gasteiger partial charge in [-0.1, -0.05) is 30.3 Å². The SMILES string of the molecule is COC(=O)c1cc(-c2csc(N/N=C/c3ccc([N+](=O)[O-])cc3)n2)c2cccccc1-2. The minimum absolute atomic E-state index is 0.0244. The first-order valence-corrected chi connectivity index (χ1v) is 10.0. The van der Waals surface area contributed by atoms with E-state index in [0.29, 0.717) is 22.0 Å². The third-order valence-corrected chi connectivity index (χ3v) is 5.32. The standard InChI is InChI=1S/C22H16N4O4S/c1-30-21(27)19-11-18(16-5-3-2-4-6-17(16)19)20-13-31-22(24-20)25-23-12-14-7-9-15(10-8-14)26(28)29/h2-13H,1H3,(H,24,25)/b23-12+. The molecule has 0 aliphatic heterocycles. The molecule has 0 saturated heterocycles. The molecule has 0 atom stereocenters. The Hall–Kier alpha value is -4.11. The Morgan fingerprint density at radius 1 is 1.13 bits per heavy atom. The number of nitrogens with one attached hydrogen (secondary N) is 1. The largest absolute Gasteiger partial charge is 0.465 e. The zero-order valence-electron chi connectivity index (χ0n) is 16.3. The minimum atomic E-state index is -0.449. The highest BCUT2D eigenvalue weighted by Gasteiger charge is 2.22. The van der Waals surface area contributed by atoms with Crippen LogP contribution in [0.1, 0.15) is 15.9 Å². The van der Waals surface area contributed by atoms with Crippen molar-refractivity contribution in [3.63, 3.8) is 0 Å². The van der Waals surface area contributed by atoms with E-state index >= 15 is 0 Å². The lowest BCUT2D eigenvalue weighted by Gasteiger charge is -2.00. The number of nitrogens with zero attached hydrogens (tertiary/aromatic N) is 3. The number of hydrazone groups is 1. The molecule has 1 aromatic carbocycles. The predicted octanol–water partition coefficient (Wildman–Crippen LogP) is 5.06. The van der Waals surface area contributed by atoms with E-state index in [9.17, 15) is 14.9 Å². The minimum Gasteiger partial charge on any atom is -0.465 e. The number of carbonyl (C=O) groups excluding carboxylic acids is 1. The lowest BCUT2D eigenvalue weighted by Crippen LogP contribution is -1.99. The summed E-state index contributed by atoms with van der Waals surface area (Å²) >= 11 is 1.37. The van der Waals surface area contributed by atoms with Crippen LogP contribution in [0.4, 0.5) is 10.8 Å². The molecule has 31 heavy (non-hydrogen) atoms. The number of nitro benzene ring substituents is 1. The van der Waals surface area contributed by atoms with E-state index in [4.69, 9.17) is 4.74 Å². The normalized spacial score (nSPS) is 11.0. The number of rotatable bonds is 6. The van der Waals surface area contributed by atoms with E-state index in [1.54, 1.807) is 24.4 Å². The first kappa shape index (κ1) is 20.2. The van der Waals surface area contributed by atoms with Gasteiger partial charge in [-0.25, -0.2) is 9.78 Å². The molecule has 0 radical (unpaired) electrons. The number of ether oxygens (including phenoxy) is 1. The Balaban J connectivity index is 1.56. The number of esters is 1. The Morgan fingerprint density at radius 3 is 2.58 bits per heavy atom. The number of methoxy groups -OCH3 is 1. The van der Waals surface area contributed by atoms with Crippen molar-refractivity contribution in [2.75, 3.05) is 12.5 Å². The summed E-state index contributed by atoms with van der Waals surface area (Å²) in [5, 5.41) is 17.3. The van der Waals surface area contributed by atoms with Crippen LogP contribution in [0.25, 0.3) is 22.4 Å². The van der Waals surface area contributed by atoms with Crippen molar-refractivity contribution in [1.82, 2.24) is 4.98 Å². The molecule has 0 bridgehead atoms. The van der Waals surface area contributed by atoms with Crippen molar-refractivity contribution in [2.24, 2.45) is 5.10 Å². The first-order chi connectivity index (χ1) is 15.1. The van der Waals surface area contributed by atoms with E-state index in [0.717, 1.165) is 16.7 Å². The maximum absolute atomic E-state index is 12.2. The molecule has 154 valence electrons. The van der Waals surface area contributed by atoms with Crippen LogP contribution in [-0.2, 0) is 4.74 Å². The number of hydrogen-bond donors (Lipinski definition) is 1. The fourth-order valence-corrected chi connectivity index (χ4v) is 3.76. The number of benzene rings is 1. The van der Waals surface area contributed by atoms with Crippen LogP contribution in [0.2, 0.25) is 0 Å². The van der Waals surface area contributed by atoms with Crippen molar-refractivity contribution < 1.29 is 14.5 Å². The molecule has 1 heterocycles. The summed E-state index contributed by atoms with van der Waals surface area (Å²) in [6, 6.07) is 17.3. The molecule has 0 fully saturated rings. The van der Waals surface area contributed by atoms with Gasteiger partial charge in [0.1, 0.15) is 0 Å². The number of aromatic nitrogens is 1. The average Bonchev–Trinajstić information content (AvgIpc) is 3.30. The zero-order chi connectivity index (χ0) is 21.8. The topological polar surface area (TPSA) is 107 Å². The molecule has 4 rings (SSSR count). The number of nitro groups is 1. The van der Waals surface area contributed by atoms with Gasteiger partial charge in [-0.05, 0) is 34.9 Å². The molecule has 0 unspecified atom stereocenters. The van der Waals surface area contributed by atoms with Crippen molar-refractivity contribution >= 4 is 34.3 Å². The Labute approximate surface area is 181 Å². The molecular weight excluding hydrogens is 416 g/mol. The highest BCUT2D eigenvalue weighted by Crippen LogP contribution is 2.39. The van der Waals surface area contributed by atoms with Gasteiger partial charge in [0, 0.05) is 23.1 Å². The Morgan fingerprint density at radius 2 is 1.87 bits per heavy atom. The maximum Gasteiger partial charge on any atom is 0.338 e. The molecule has 0 saturated carbocycles. The van der Waals surface area contributed by atoms with Crippen LogP contribution in [0.15, 0.2) is 71.1 Å². The number of fused-ring (bicyclic) bond motifs is 1. The lowest BCUT2D eigenvalue weighted by atomic mass is 10.1. The Kier molecular flexibility index (Phi) is 5.67. The van der Waals surface area contributed by atoms with Crippen LogP contribution in [0, 0.1) is 10.1 Å². The van der Waals surface area contributed by atoms with Crippen LogP contribution in [0.5, 0.6) is 0 Å². The fourth-order valence-electron chi connectivity index (χ4n) is 3.10. The van der Waals surface area contributed by atoms with Crippen molar-refractivity contribution in [2.45, 2.75) is 0 Å². The van der Waals surface area contributed by atoms with Gasteiger partial charge in [0.25, 0.3) is 5.69 Å². The lowest BCUT2D eigenvalue weighted by molar-refractivity contribution is -0.384. The number of hydrogen-bond acceptors (Lipinski definition) is 8. The van der Waals surface area contributed by atoms with Gasteiger partial charge in [-0.2, -0.15) is 5.10 Å². The summed E-state index contributed by atoms with van der Waals surface area (Å²) in [6.45, 7) is 0. The van der Waals surface area contributed by atoms with Crippen LogP contribution in [-0.4, -0.2) is 29.2 Å². The highest BCUT2D eigenvalue weighted by molar-refractivity contribution is 7.14. The van der Waals surface area contributed by atoms with Crippen LogP contribution in [0.3, 0.4) is 0 Å². The smallest absolute Gasteiger partial charge is 0.338 e. The average molecular weight is 432 g/mol. The van der Waals surface area contributed by atoms with Crippen molar-refractivity contribution in [3.8, 4) is 22.4 Å². The van der Waals surface area contributed by atoms with Crippen LogP contribution >= 0.6 is 11.3 Å². The summed E-state index contributed by atoms with van der Waals surface area (Å²) in [4.78, 5) is 27.0. The molecule has 2 aliphatic rings. The molecular formula is C22H16N4O4S. The predicted molar refractivity (Wildman–Crippen MR) is 120 cm³/mol. The molecule has 8 nitrogen and oxygen atoms in total. The monoisotopic (exact) mass is 432 g/mol. The molecule has 9 heteroatoms. The molecule has 0 spiro atoms. The number of non-ortho nitro benzene ring substituents is 1. The maximum atomic E-state index is 12.2. The number of thiazole rings is 1. The molecule has 1 N–H and O–H groups in total. The Bertz CT molecular complexity index is 1250. The van der Waals surface area contributed by atoms with Gasteiger partial charge in [0.2, 0.25) is 5.13 Å². The third-order valence-electron chi connectivity index (χ3n) is 4.57. The molecule has 2 aromatic rings. The summed E-state index contributed by atoms with van der Waals surface area (Å²) in [5.74, 6) is -0.399. The van der Waals surface area contributed by atoms with Crippen molar-refractivity contribution in [1.29, 1.82) is 0 Å². The van der Waals surface area contributed by atoms with E-state index < -0.39 is 10.9 Å². The van der Waals surface area contributed by atoms with Gasteiger partial charge >= 0.3 is 5.97 Å². The van der Waals surface area contributed by atoms with Crippen LogP contribution < -0.4 is 5.43 Å². The fraction of sp³-hybridized carbons (Fsp3) is 0.0455. The second-order valence-electron chi connectivity index (χ2n) is 6.46. The number of carbonyl (C=O) groups is 1. The van der Waals surface area contributed by atoms with E-state index in [1.165, 1.54) is 30.6 Å². The van der Waals surface area contributed by atoms with Gasteiger partial charge in [-0.15, -0.1) is 11.3 Å². The van der Waals surface area contributed by atoms with Gasteiger partial charge in [0.05, 0.1) is 29.5 Å². The summed E-state index contributed by atoms with van der Waals surface area (Å²) in [6.07, 6.45) is 1.55. The van der Waals surface area contributed by atoms with Gasteiger partial charge < -0.3 is 4.74 Å². The summed E-state index contributed by atoms with van der Waals surface area (Å²) < 4.78 is 4.92. The first-order valence-electron chi connectivity index (χ1n) is 9.16. The van der Waals surface area contributed by atoms with Crippen molar-refractivity contribution in [3.05, 3.63) is 87.3 Å². The van der Waals surface area contributed by atoms with Gasteiger partial charge in [-0.3, -0.25) is 15.5 Å². The second-order valence-corrected chi connectivity index (χ2v) is 7.32. The molecule has 1 aromatic heterocycles. The van der Waals surface area contributed by atoms with E-state index in [-0.39, 0.29) is 5.69 Å². The van der Waals surface area contributed by atoms with Gasteiger partial charge in [0.15, 0.2) is 0 Å². The zero-order valence-corrected chi connectivity index (χ0v) is 17.1. The van der Waals surface area contributed by atoms with E-state index in [1.807, 2.05) is 35.7 Å². The molecule has 0 amide bonds.